The molecular weight excluding hydrogens is 171 g/mol. The van der Waals surface area contributed by atoms with Crippen LogP contribution in [0, 0.1) is 0 Å². The summed E-state index contributed by atoms with van der Waals surface area (Å²) in [5.41, 5.74) is 0.534. The standard InChI is InChI=1S/C8H7BO4/c10-4-6-1-2-8(9(12)13)7(3-6)5-11/h1-5,12-13H. The molecule has 1 rings (SSSR count). The Morgan fingerprint density at radius 3 is 2.31 bits per heavy atom. The molecule has 2 N–H and O–H groups in total. The Labute approximate surface area is 75.0 Å². The molecule has 66 valence electrons. The smallest absolute Gasteiger partial charge is 0.423 e. The molecule has 0 bridgehead atoms. The molecule has 4 nitrogen and oxygen atoms in total. The molecule has 0 spiro atoms. The molecule has 0 aromatic heterocycles. The maximum Gasteiger partial charge on any atom is 0.489 e. The molecule has 0 aliphatic carbocycles. The van der Waals surface area contributed by atoms with Crippen LogP contribution in [-0.4, -0.2) is 29.7 Å². The van der Waals surface area contributed by atoms with Gasteiger partial charge in [0.15, 0.2) is 0 Å². The number of hydrogen-bond donors (Lipinski definition) is 2. The molecule has 0 aliphatic heterocycles. The molecule has 0 unspecified atom stereocenters. The van der Waals surface area contributed by atoms with E-state index in [1.165, 1.54) is 18.2 Å². The Bertz CT molecular complexity index is 335. The van der Waals surface area contributed by atoms with E-state index in [1.54, 1.807) is 0 Å². The first-order chi connectivity index (χ1) is 6.19. The molecule has 0 atom stereocenters. The van der Waals surface area contributed by atoms with Gasteiger partial charge < -0.3 is 10.0 Å². The molecule has 0 saturated heterocycles. The van der Waals surface area contributed by atoms with Gasteiger partial charge in [-0.25, -0.2) is 0 Å². The van der Waals surface area contributed by atoms with Crippen LogP contribution >= 0.6 is 0 Å². The van der Waals surface area contributed by atoms with E-state index in [4.69, 9.17) is 10.0 Å². The van der Waals surface area contributed by atoms with Crippen molar-refractivity contribution < 1.29 is 19.6 Å². The Hall–Kier alpha value is -1.46. The van der Waals surface area contributed by atoms with Crippen molar-refractivity contribution in [2.45, 2.75) is 0 Å². The minimum atomic E-state index is -1.69. The first-order valence-electron chi connectivity index (χ1n) is 3.59. The van der Waals surface area contributed by atoms with E-state index in [-0.39, 0.29) is 11.0 Å². The molecule has 0 saturated carbocycles. The number of aldehydes is 2. The lowest BCUT2D eigenvalue weighted by Gasteiger charge is -2.02. The average Bonchev–Trinajstić information content (AvgIpc) is 2.16. The lowest BCUT2D eigenvalue weighted by atomic mass is 9.77. The van der Waals surface area contributed by atoms with Crippen molar-refractivity contribution in [3.63, 3.8) is 0 Å². The Morgan fingerprint density at radius 2 is 1.85 bits per heavy atom. The summed E-state index contributed by atoms with van der Waals surface area (Å²) in [4.78, 5) is 20.8. The van der Waals surface area contributed by atoms with Gasteiger partial charge in [0.1, 0.15) is 12.6 Å². The Balaban J connectivity index is 3.23. The van der Waals surface area contributed by atoms with Crippen LogP contribution in [0.2, 0.25) is 0 Å². The molecule has 5 heteroatoms. The van der Waals surface area contributed by atoms with Crippen molar-refractivity contribution in [2.75, 3.05) is 0 Å². The van der Waals surface area contributed by atoms with Gasteiger partial charge in [-0.1, -0.05) is 12.1 Å². The fraction of sp³-hybridized carbons (Fsp3) is 0. The molecule has 1 aromatic rings. The Kier molecular flexibility index (Phi) is 2.95. The second-order valence-corrected chi connectivity index (χ2v) is 2.50. The van der Waals surface area contributed by atoms with E-state index in [0.29, 0.717) is 18.1 Å². The van der Waals surface area contributed by atoms with Gasteiger partial charge in [0.05, 0.1) is 0 Å². The molecule has 0 fully saturated rings. The molecular formula is C8H7BO4. The highest BCUT2D eigenvalue weighted by atomic mass is 16.4. The van der Waals surface area contributed by atoms with Crippen LogP contribution in [0.15, 0.2) is 18.2 Å². The van der Waals surface area contributed by atoms with Gasteiger partial charge >= 0.3 is 7.12 Å². The van der Waals surface area contributed by atoms with Gasteiger partial charge in [-0.05, 0) is 11.5 Å². The molecule has 0 aliphatic rings. The third-order valence-electron chi connectivity index (χ3n) is 1.65. The van der Waals surface area contributed by atoms with Crippen molar-refractivity contribution in [1.82, 2.24) is 0 Å². The van der Waals surface area contributed by atoms with Gasteiger partial charge in [0.2, 0.25) is 0 Å². The monoisotopic (exact) mass is 178 g/mol. The van der Waals surface area contributed by atoms with E-state index in [1.807, 2.05) is 0 Å². The predicted molar refractivity (Wildman–Crippen MR) is 47.0 cm³/mol. The molecule has 13 heavy (non-hydrogen) atoms. The first kappa shape index (κ1) is 9.63. The number of carbonyl (C=O) groups excluding carboxylic acids is 2. The fourth-order valence-electron chi connectivity index (χ4n) is 1.00. The lowest BCUT2D eigenvalue weighted by molar-refractivity contribution is 0.112. The molecule has 0 heterocycles. The van der Waals surface area contributed by atoms with Crippen molar-refractivity contribution in [3.05, 3.63) is 29.3 Å². The van der Waals surface area contributed by atoms with Crippen LogP contribution in [0.25, 0.3) is 0 Å². The minimum Gasteiger partial charge on any atom is -0.423 e. The Morgan fingerprint density at radius 1 is 1.15 bits per heavy atom. The lowest BCUT2D eigenvalue weighted by Crippen LogP contribution is -2.33. The van der Waals surface area contributed by atoms with E-state index in [2.05, 4.69) is 0 Å². The summed E-state index contributed by atoms with van der Waals surface area (Å²) in [6.07, 6.45) is 1.06. The third kappa shape index (κ3) is 2.02. The highest BCUT2D eigenvalue weighted by molar-refractivity contribution is 6.60. The number of rotatable bonds is 3. The zero-order valence-corrected chi connectivity index (χ0v) is 6.68. The maximum atomic E-state index is 10.5. The van der Waals surface area contributed by atoms with Crippen LogP contribution in [0.3, 0.4) is 0 Å². The van der Waals surface area contributed by atoms with Crippen LogP contribution in [0.4, 0.5) is 0 Å². The summed E-state index contributed by atoms with van der Waals surface area (Å²) in [6, 6.07) is 4.04. The van der Waals surface area contributed by atoms with E-state index < -0.39 is 7.12 Å². The maximum absolute atomic E-state index is 10.5. The van der Waals surface area contributed by atoms with E-state index >= 15 is 0 Å². The number of hydrogen-bond acceptors (Lipinski definition) is 4. The summed E-state index contributed by atoms with van der Waals surface area (Å²) in [6.45, 7) is 0. The second kappa shape index (κ2) is 3.98. The van der Waals surface area contributed by atoms with Crippen LogP contribution in [0.5, 0.6) is 0 Å². The van der Waals surface area contributed by atoms with E-state index in [9.17, 15) is 9.59 Å². The zero-order valence-electron chi connectivity index (χ0n) is 6.68. The summed E-state index contributed by atoms with van der Waals surface area (Å²) in [5.74, 6) is 0. The van der Waals surface area contributed by atoms with Gasteiger partial charge in [0, 0.05) is 11.1 Å². The van der Waals surface area contributed by atoms with Gasteiger partial charge in [-0.15, -0.1) is 0 Å². The van der Waals surface area contributed by atoms with Crippen molar-refractivity contribution >= 4 is 25.2 Å². The average molecular weight is 178 g/mol. The van der Waals surface area contributed by atoms with Crippen LogP contribution < -0.4 is 5.46 Å². The summed E-state index contributed by atoms with van der Waals surface area (Å²) < 4.78 is 0. The normalized spacial score (nSPS) is 9.38. The van der Waals surface area contributed by atoms with Crippen LogP contribution in [0.1, 0.15) is 20.7 Å². The van der Waals surface area contributed by atoms with Gasteiger partial charge in [-0.2, -0.15) is 0 Å². The first-order valence-corrected chi connectivity index (χ1v) is 3.59. The van der Waals surface area contributed by atoms with Crippen molar-refractivity contribution in [1.29, 1.82) is 0 Å². The van der Waals surface area contributed by atoms with Gasteiger partial charge in [-0.3, -0.25) is 9.59 Å². The number of benzene rings is 1. The second-order valence-electron chi connectivity index (χ2n) is 2.50. The molecule has 0 amide bonds. The topological polar surface area (TPSA) is 74.6 Å². The number of carbonyl (C=O) groups is 2. The third-order valence-corrected chi connectivity index (χ3v) is 1.65. The predicted octanol–water partition coefficient (Wildman–Crippen LogP) is -1.01. The quantitative estimate of drug-likeness (QED) is 0.459. The molecule has 0 radical (unpaired) electrons. The highest BCUT2D eigenvalue weighted by Crippen LogP contribution is 1.98. The fourth-order valence-corrected chi connectivity index (χ4v) is 1.00. The van der Waals surface area contributed by atoms with E-state index in [0.717, 1.165) is 0 Å². The van der Waals surface area contributed by atoms with Crippen LogP contribution in [-0.2, 0) is 0 Å². The SMILES string of the molecule is O=Cc1ccc(B(O)O)c(C=O)c1. The zero-order chi connectivity index (χ0) is 9.84. The highest BCUT2D eigenvalue weighted by Gasteiger charge is 2.15. The minimum absolute atomic E-state index is 0.0978. The van der Waals surface area contributed by atoms with Gasteiger partial charge in [0.25, 0.3) is 0 Å². The van der Waals surface area contributed by atoms with Crippen molar-refractivity contribution in [3.8, 4) is 0 Å². The summed E-state index contributed by atoms with van der Waals surface area (Å²) in [7, 11) is -1.69. The van der Waals surface area contributed by atoms with Crippen molar-refractivity contribution in [2.24, 2.45) is 0 Å². The summed E-state index contributed by atoms with van der Waals surface area (Å²) >= 11 is 0. The summed E-state index contributed by atoms with van der Waals surface area (Å²) in [5, 5.41) is 17.6. The largest absolute Gasteiger partial charge is 0.489 e. The molecule has 1 aromatic carbocycles.